The van der Waals surface area contributed by atoms with E-state index in [2.05, 4.69) is 39.4 Å². The van der Waals surface area contributed by atoms with Crippen molar-refractivity contribution in [3.8, 4) is 22.7 Å². The van der Waals surface area contributed by atoms with E-state index in [1.54, 1.807) is 28.6 Å². The number of rotatable bonds is 5. The molecule has 0 atom stereocenters. The summed E-state index contributed by atoms with van der Waals surface area (Å²) in [6, 6.07) is 8.41. The Balaban J connectivity index is 1.14. The molecule has 2 N–H and O–H groups in total. The van der Waals surface area contributed by atoms with Crippen LogP contribution in [0.1, 0.15) is 75.2 Å². The van der Waals surface area contributed by atoms with Crippen LogP contribution in [0, 0.1) is 0 Å². The molecule has 11 heteroatoms. The summed E-state index contributed by atoms with van der Waals surface area (Å²) in [5, 5.41) is 7.45. The van der Waals surface area contributed by atoms with Crippen LogP contribution in [0.25, 0.3) is 22.7 Å². The van der Waals surface area contributed by atoms with Crippen molar-refractivity contribution >= 4 is 23.4 Å². The number of hydrogen-bond donors (Lipinski definition) is 1. The van der Waals surface area contributed by atoms with E-state index >= 15 is 0 Å². The Kier molecular flexibility index (Phi) is 6.77. The van der Waals surface area contributed by atoms with Gasteiger partial charge in [-0.25, -0.2) is 19.7 Å². The van der Waals surface area contributed by atoms with E-state index in [9.17, 15) is 4.79 Å². The molecule has 0 unspecified atom stereocenters. The monoisotopic (exact) mass is 559 g/mol. The maximum atomic E-state index is 12.4. The number of hydrogen-bond acceptors (Lipinski definition) is 10. The summed E-state index contributed by atoms with van der Waals surface area (Å²) < 4.78 is 11.3. The Bertz CT molecular complexity index is 1480. The molecule has 0 radical (unpaired) electrons. The van der Waals surface area contributed by atoms with Crippen molar-refractivity contribution in [3.05, 3.63) is 58.4 Å². The summed E-state index contributed by atoms with van der Waals surface area (Å²) in [6.45, 7) is 6.98. The third kappa shape index (κ3) is 5.17. The van der Waals surface area contributed by atoms with Gasteiger partial charge in [0, 0.05) is 42.3 Å². The van der Waals surface area contributed by atoms with Crippen LogP contribution in [0.15, 0.2) is 46.6 Å². The number of nitrogens with two attached hydrogens (primary N) is 1. The Morgan fingerprint density at radius 2 is 1.77 bits per heavy atom. The summed E-state index contributed by atoms with van der Waals surface area (Å²) in [5.74, 6) is 1.71. The molecular formula is C29H33N7O3S. The van der Waals surface area contributed by atoms with Gasteiger partial charge in [-0.05, 0) is 57.6 Å². The zero-order valence-corrected chi connectivity index (χ0v) is 23.8. The second kappa shape index (κ2) is 10.3. The highest BCUT2D eigenvalue weighted by molar-refractivity contribution is 7.10. The summed E-state index contributed by atoms with van der Waals surface area (Å²) in [6.07, 6.45) is 7.96. The molecule has 6 rings (SSSR count). The van der Waals surface area contributed by atoms with Gasteiger partial charge in [0.05, 0.1) is 10.4 Å². The maximum Gasteiger partial charge on any atom is 0.410 e. The van der Waals surface area contributed by atoms with Gasteiger partial charge < -0.3 is 19.9 Å². The zero-order chi connectivity index (χ0) is 27.9. The fourth-order valence-electron chi connectivity index (χ4n) is 5.37. The molecule has 40 heavy (non-hydrogen) atoms. The summed E-state index contributed by atoms with van der Waals surface area (Å²) in [5.41, 5.74) is 8.70. The molecule has 1 saturated heterocycles. The van der Waals surface area contributed by atoms with Crippen LogP contribution >= 0.6 is 11.3 Å². The fourth-order valence-corrected chi connectivity index (χ4v) is 6.34. The minimum Gasteiger partial charge on any atom is -0.444 e. The molecule has 1 aliphatic heterocycles. The number of aromatic nitrogens is 5. The smallest absolute Gasteiger partial charge is 0.410 e. The Hall–Kier alpha value is -3.86. The van der Waals surface area contributed by atoms with Crippen molar-refractivity contribution in [1.82, 2.24) is 30.0 Å². The topological polar surface area (TPSA) is 133 Å². The fraction of sp³-hybridized carbons (Fsp3) is 0.448. The van der Waals surface area contributed by atoms with Crippen LogP contribution < -0.4 is 5.73 Å². The number of benzene rings is 1. The number of amides is 1. The molecule has 10 nitrogen and oxygen atoms in total. The third-order valence-electron chi connectivity index (χ3n) is 7.74. The quantitative estimate of drug-likeness (QED) is 0.321. The number of carbonyl (C=O) groups excluding carboxylic acids is 1. The van der Waals surface area contributed by atoms with Crippen LogP contribution in [0.3, 0.4) is 0 Å². The van der Waals surface area contributed by atoms with Crippen LogP contribution in [-0.4, -0.2) is 54.8 Å². The van der Waals surface area contributed by atoms with Crippen molar-refractivity contribution in [3.63, 3.8) is 0 Å². The normalized spacial score (nSPS) is 17.4. The number of likely N-dealkylation sites (tertiary alicyclic amines) is 1. The Morgan fingerprint density at radius 1 is 1.07 bits per heavy atom. The number of nitrogens with zero attached hydrogens (tertiary/aromatic N) is 6. The van der Waals surface area contributed by atoms with Gasteiger partial charge in [0.1, 0.15) is 11.3 Å². The van der Waals surface area contributed by atoms with Gasteiger partial charge in [0.25, 0.3) is 5.89 Å². The van der Waals surface area contributed by atoms with Crippen LogP contribution in [0.4, 0.5) is 10.7 Å². The molecule has 0 spiro atoms. The Morgan fingerprint density at radius 3 is 2.40 bits per heavy atom. The first-order valence-electron chi connectivity index (χ1n) is 13.7. The van der Waals surface area contributed by atoms with Crippen molar-refractivity contribution in [2.45, 2.75) is 69.8 Å². The average molecular weight is 560 g/mol. The van der Waals surface area contributed by atoms with Crippen molar-refractivity contribution in [2.75, 3.05) is 18.8 Å². The summed E-state index contributed by atoms with van der Waals surface area (Å²) in [7, 11) is 0. The largest absolute Gasteiger partial charge is 0.444 e. The molecule has 3 aromatic heterocycles. The predicted molar refractivity (Wildman–Crippen MR) is 152 cm³/mol. The number of ether oxygens (including phenoxy) is 1. The molecule has 0 bridgehead atoms. The van der Waals surface area contributed by atoms with E-state index in [1.807, 2.05) is 26.2 Å². The molecule has 2 fully saturated rings. The molecular weight excluding hydrogens is 526 g/mol. The highest BCUT2D eigenvalue weighted by Gasteiger charge is 2.44. The van der Waals surface area contributed by atoms with Gasteiger partial charge in [0.2, 0.25) is 5.95 Å². The molecule has 4 aromatic rings. The standard InChI is InChI=1S/C29H33N7O3S/c1-28(2,3)38-27(37)36-13-9-19(10-14-36)24-33-22(17-40-24)23-34-25(35-39-23)29(11-4-12-29)21-7-5-18(6-8-21)20-15-31-26(30)32-16-20/h5-8,15-17,19H,4,9-14H2,1-3H3,(H2,30,31,32). The second-order valence-electron chi connectivity index (χ2n) is 11.6. The van der Waals surface area contributed by atoms with E-state index in [0.717, 1.165) is 48.2 Å². The number of piperidine rings is 1. The molecule has 1 amide bonds. The number of anilines is 1. The molecule has 2 aliphatic rings. The zero-order valence-electron chi connectivity index (χ0n) is 23.0. The predicted octanol–water partition coefficient (Wildman–Crippen LogP) is 5.82. The molecule has 208 valence electrons. The first kappa shape index (κ1) is 26.4. The van der Waals surface area contributed by atoms with Gasteiger partial charge >= 0.3 is 6.09 Å². The highest BCUT2D eigenvalue weighted by atomic mass is 32.1. The molecule has 1 aliphatic carbocycles. The SMILES string of the molecule is CC(C)(C)OC(=O)N1CCC(c2nc(-c3nc(C4(c5ccc(-c6cnc(N)nc6)cc5)CCC4)no3)cs2)CC1. The number of carbonyl (C=O) groups is 1. The third-order valence-corrected chi connectivity index (χ3v) is 8.75. The Labute approximate surface area is 237 Å². The van der Waals surface area contributed by atoms with Gasteiger partial charge in [-0.3, -0.25) is 0 Å². The molecule has 1 saturated carbocycles. The van der Waals surface area contributed by atoms with Gasteiger partial charge in [-0.15, -0.1) is 11.3 Å². The highest BCUT2D eigenvalue weighted by Crippen LogP contribution is 2.48. The lowest BCUT2D eigenvalue weighted by Gasteiger charge is -2.39. The van der Waals surface area contributed by atoms with Crippen LogP contribution in [-0.2, 0) is 10.2 Å². The summed E-state index contributed by atoms with van der Waals surface area (Å²) in [4.78, 5) is 32.1. The van der Waals surface area contributed by atoms with Crippen molar-refractivity contribution < 1.29 is 14.1 Å². The van der Waals surface area contributed by atoms with Gasteiger partial charge in [-0.2, -0.15) is 4.98 Å². The lowest BCUT2D eigenvalue weighted by atomic mass is 9.64. The van der Waals surface area contributed by atoms with E-state index in [-0.39, 0.29) is 17.5 Å². The number of nitrogen functional groups attached to an aromatic ring is 1. The van der Waals surface area contributed by atoms with Crippen molar-refractivity contribution in [1.29, 1.82) is 0 Å². The van der Waals surface area contributed by atoms with Crippen LogP contribution in [0.2, 0.25) is 0 Å². The maximum absolute atomic E-state index is 12.4. The second-order valence-corrected chi connectivity index (χ2v) is 12.5. The lowest BCUT2D eigenvalue weighted by Crippen LogP contribution is -2.41. The van der Waals surface area contributed by atoms with Gasteiger partial charge in [0.15, 0.2) is 5.82 Å². The van der Waals surface area contributed by atoms with Crippen LogP contribution in [0.5, 0.6) is 0 Å². The van der Waals surface area contributed by atoms with E-state index < -0.39 is 5.60 Å². The minimum absolute atomic E-state index is 0.247. The summed E-state index contributed by atoms with van der Waals surface area (Å²) >= 11 is 1.61. The number of thiazole rings is 1. The molecule has 1 aromatic carbocycles. The van der Waals surface area contributed by atoms with E-state index in [0.29, 0.717) is 36.4 Å². The molecule has 4 heterocycles. The van der Waals surface area contributed by atoms with E-state index in [1.165, 1.54) is 5.56 Å². The van der Waals surface area contributed by atoms with Gasteiger partial charge in [-0.1, -0.05) is 35.8 Å². The first-order chi connectivity index (χ1) is 19.2. The average Bonchev–Trinajstić information content (AvgIpc) is 3.59. The minimum atomic E-state index is -0.490. The lowest BCUT2D eigenvalue weighted by molar-refractivity contribution is 0.0205. The van der Waals surface area contributed by atoms with Crippen molar-refractivity contribution in [2.24, 2.45) is 0 Å². The first-order valence-corrected chi connectivity index (χ1v) is 14.5. The van der Waals surface area contributed by atoms with E-state index in [4.69, 9.17) is 25.0 Å².